The fraction of sp³-hybridized carbons (Fsp3) is 0.786. The van der Waals surface area contributed by atoms with Crippen molar-refractivity contribution in [2.24, 2.45) is 5.92 Å². The number of aliphatic hydroxyl groups is 1. The molecule has 18 heteroatoms. The van der Waals surface area contributed by atoms with Gasteiger partial charge in [-0.15, -0.1) is 0 Å². The van der Waals surface area contributed by atoms with E-state index in [-0.39, 0.29) is 0 Å². The maximum Gasteiger partial charge on any atom is 0.468 e. The monoisotopic (exact) mass is 512 g/mol. The molecule has 0 aromatic heterocycles. The van der Waals surface area contributed by atoms with Crippen LogP contribution in [0.25, 0.3) is 0 Å². The molecule has 32 heavy (non-hydrogen) atoms. The average Bonchev–Trinajstić information content (AvgIpc) is 2.50. The van der Waals surface area contributed by atoms with E-state index in [1.807, 2.05) is 0 Å². The third-order valence-electron chi connectivity index (χ3n) is 3.76. The van der Waals surface area contributed by atoms with Crippen LogP contribution < -0.4 is 0 Å². The van der Waals surface area contributed by atoms with Crippen molar-refractivity contribution < 1.29 is 80.5 Å². The number of hydrogen-bond donors (Lipinski definition) is 1. The molecule has 1 unspecified atom stereocenters. The molecule has 0 amide bonds. The Morgan fingerprint density at radius 3 is 1.50 bits per heavy atom. The van der Waals surface area contributed by atoms with Crippen LogP contribution >= 0.6 is 0 Å². The zero-order valence-electron chi connectivity index (χ0n) is 15.1. The minimum absolute atomic E-state index is 0.536. The summed E-state index contributed by atoms with van der Waals surface area (Å²) in [7, 11) is 0. The van der Waals surface area contributed by atoms with E-state index < -0.39 is 72.4 Å². The summed E-state index contributed by atoms with van der Waals surface area (Å²) in [6.07, 6.45) is -25.8. The lowest BCUT2D eigenvalue weighted by Crippen LogP contribution is -2.69. The van der Waals surface area contributed by atoms with Crippen LogP contribution in [0, 0.1) is 5.92 Å². The van der Waals surface area contributed by atoms with E-state index in [9.17, 15) is 70.7 Å². The van der Waals surface area contributed by atoms with Gasteiger partial charge in [0.1, 0.15) is 0 Å². The molecule has 0 radical (unpaired) electrons. The molecule has 0 saturated carbocycles. The van der Waals surface area contributed by atoms with Gasteiger partial charge in [-0.2, -0.15) is 65.9 Å². The van der Waals surface area contributed by atoms with Crippen molar-refractivity contribution in [1.82, 2.24) is 0 Å². The van der Waals surface area contributed by atoms with E-state index in [4.69, 9.17) is 5.11 Å². The van der Waals surface area contributed by atoms with Crippen molar-refractivity contribution >= 4 is 5.97 Å². The molecular formula is C14H11F15O3. The van der Waals surface area contributed by atoms with Crippen molar-refractivity contribution in [3.05, 3.63) is 12.2 Å². The molecular weight excluding hydrogens is 501 g/mol. The summed E-state index contributed by atoms with van der Waals surface area (Å²) in [6.45, 7) is 3.14. The average molecular weight is 512 g/mol. The Balaban J connectivity index is 6.11. The van der Waals surface area contributed by atoms with Crippen LogP contribution in [0.1, 0.15) is 19.8 Å². The molecule has 0 fully saturated rings. The van der Waals surface area contributed by atoms with E-state index in [1.54, 1.807) is 0 Å². The van der Waals surface area contributed by atoms with Gasteiger partial charge in [-0.3, -0.25) is 0 Å². The number of halogens is 15. The minimum atomic E-state index is -7.63. The van der Waals surface area contributed by atoms with E-state index in [0.717, 1.165) is 0 Å². The fourth-order valence-corrected chi connectivity index (χ4v) is 1.89. The van der Waals surface area contributed by atoms with Gasteiger partial charge in [-0.1, -0.05) is 6.58 Å². The SMILES string of the molecule is C=C(C)C(=O)OC(F)(F)C(O)(F)C(F)(F)C(F)(F)C(F)(F)CCC(C(F)(F)F)C(F)(F)F. The van der Waals surface area contributed by atoms with Crippen molar-refractivity contribution in [3.63, 3.8) is 0 Å². The lowest BCUT2D eigenvalue weighted by molar-refractivity contribution is -0.457. The number of alkyl halides is 15. The van der Waals surface area contributed by atoms with E-state index >= 15 is 0 Å². The normalized spacial score (nSPS) is 16.7. The molecule has 0 aliphatic heterocycles. The first-order valence-electron chi connectivity index (χ1n) is 7.61. The van der Waals surface area contributed by atoms with Gasteiger partial charge >= 0.3 is 48.1 Å². The summed E-state index contributed by atoms with van der Waals surface area (Å²) in [5, 5.41) is 8.59. The van der Waals surface area contributed by atoms with Gasteiger partial charge in [0.2, 0.25) is 0 Å². The highest BCUT2D eigenvalue weighted by molar-refractivity contribution is 5.87. The Bertz CT molecular complexity index is 691. The van der Waals surface area contributed by atoms with Gasteiger partial charge in [0, 0.05) is 12.0 Å². The van der Waals surface area contributed by atoms with E-state index in [2.05, 4.69) is 11.3 Å². The smallest absolute Gasteiger partial charge is 0.393 e. The van der Waals surface area contributed by atoms with Crippen molar-refractivity contribution in [2.75, 3.05) is 0 Å². The molecule has 0 heterocycles. The molecule has 0 saturated heterocycles. The minimum Gasteiger partial charge on any atom is -0.393 e. The molecule has 0 aromatic carbocycles. The number of carbonyl (C=O) groups excluding carboxylic acids is 1. The summed E-state index contributed by atoms with van der Waals surface area (Å²) in [6, 6.07) is 0. The Morgan fingerprint density at radius 2 is 1.19 bits per heavy atom. The topological polar surface area (TPSA) is 46.5 Å². The van der Waals surface area contributed by atoms with Gasteiger partial charge in [0.25, 0.3) is 0 Å². The summed E-state index contributed by atoms with van der Waals surface area (Å²) >= 11 is 0. The van der Waals surface area contributed by atoms with Gasteiger partial charge in [0.05, 0.1) is 0 Å². The lowest BCUT2D eigenvalue weighted by Gasteiger charge is -2.40. The van der Waals surface area contributed by atoms with Crippen LogP contribution in [0.15, 0.2) is 12.2 Å². The standard InChI is InChI=1S/C14H11F15O3/c1-5(2)7(30)32-14(28,29)13(27,31)12(25,26)11(23,24)8(15,16)4-3-6(9(17,18)19)10(20,21)22/h6,31H,1,3-4H2,2H3. The van der Waals surface area contributed by atoms with Gasteiger partial charge < -0.3 is 9.84 Å². The first-order chi connectivity index (χ1) is 13.7. The molecule has 3 nitrogen and oxygen atoms in total. The molecule has 0 aliphatic rings. The maximum absolute atomic E-state index is 13.6. The summed E-state index contributed by atoms with van der Waals surface area (Å²) in [4.78, 5) is 10.9. The first kappa shape index (κ1) is 30.1. The van der Waals surface area contributed by atoms with Gasteiger partial charge in [-0.05, 0) is 13.3 Å². The van der Waals surface area contributed by atoms with E-state index in [1.165, 1.54) is 0 Å². The maximum atomic E-state index is 13.6. The molecule has 1 N–H and O–H groups in total. The van der Waals surface area contributed by atoms with Crippen molar-refractivity contribution in [1.29, 1.82) is 0 Å². The summed E-state index contributed by atoms with van der Waals surface area (Å²) < 4.78 is 198. The Morgan fingerprint density at radius 1 is 0.812 bits per heavy atom. The molecule has 190 valence electrons. The molecule has 0 aromatic rings. The highest BCUT2D eigenvalue weighted by Crippen LogP contribution is 2.57. The fourth-order valence-electron chi connectivity index (χ4n) is 1.89. The van der Waals surface area contributed by atoms with E-state index in [0.29, 0.717) is 6.92 Å². The van der Waals surface area contributed by atoms with Crippen LogP contribution in [-0.2, 0) is 9.53 Å². The molecule has 0 rings (SSSR count). The number of rotatable bonds is 9. The zero-order chi connectivity index (χ0) is 26.4. The summed E-state index contributed by atoms with van der Waals surface area (Å²) in [5.74, 6) is -36.2. The Kier molecular flexibility index (Phi) is 7.98. The number of ether oxygens (including phenoxy) is 1. The molecule has 1 atom stereocenters. The van der Waals surface area contributed by atoms with Crippen LogP contribution in [0.4, 0.5) is 65.9 Å². The Labute approximate surface area is 167 Å². The number of carbonyl (C=O) groups is 1. The van der Waals surface area contributed by atoms with Crippen LogP contribution in [0.5, 0.6) is 0 Å². The lowest BCUT2D eigenvalue weighted by atomic mass is 9.91. The van der Waals surface area contributed by atoms with Crippen LogP contribution in [0.2, 0.25) is 0 Å². The molecule has 0 bridgehead atoms. The van der Waals surface area contributed by atoms with Crippen LogP contribution in [0.3, 0.4) is 0 Å². The van der Waals surface area contributed by atoms with Crippen molar-refractivity contribution in [3.8, 4) is 0 Å². The second-order valence-electron chi connectivity index (χ2n) is 6.34. The Hall–Kier alpha value is -1.88. The highest BCUT2D eigenvalue weighted by atomic mass is 19.4. The van der Waals surface area contributed by atoms with Gasteiger partial charge in [-0.25, -0.2) is 4.79 Å². The number of hydrogen-bond acceptors (Lipinski definition) is 3. The molecule has 0 aliphatic carbocycles. The quantitative estimate of drug-likeness (QED) is 0.242. The number of esters is 1. The second-order valence-corrected chi connectivity index (χ2v) is 6.34. The summed E-state index contributed by atoms with van der Waals surface area (Å²) in [5.41, 5.74) is -1.11. The second kappa shape index (κ2) is 8.48. The van der Waals surface area contributed by atoms with Crippen molar-refractivity contribution in [2.45, 2.75) is 61.8 Å². The third kappa shape index (κ3) is 5.54. The van der Waals surface area contributed by atoms with Crippen LogP contribution in [-0.4, -0.2) is 53.2 Å². The zero-order valence-corrected chi connectivity index (χ0v) is 15.1. The highest BCUT2D eigenvalue weighted by Gasteiger charge is 2.86. The predicted molar refractivity (Wildman–Crippen MR) is 71.6 cm³/mol. The third-order valence-corrected chi connectivity index (χ3v) is 3.76. The first-order valence-corrected chi connectivity index (χ1v) is 7.61. The molecule has 0 spiro atoms. The van der Waals surface area contributed by atoms with Gasteiger partial charge in [0.15, 0.2) is 5.92 Å². The predicted octanol–water partition coefficient (Wildman–Crippen LogP) is 5.78. The largest absolute Gasteiger partial charge is 0.468 e.